The fourth-order valence-electron chi connectivity index (χ4n) is 1.62. The summed E-state index contributed by atoms with van der Waals surface area (Å²) in [6.45, 7) is 2.89. The Morgan fingerprint density at radius 1 is 1.33 bits per heavy atom. The molecule has 1 aromatic carbocycles. The number of aromatic nitrogens is 1. The van der Waals surface area contributed by atoms with Gasteiger partial charge in [0.25, 0.3) is 0 Å². The van der Waals surface area contributed by atoms with Crippen molar-refractivity contribution in [2.45, 2.75) is 24.0 Å². The second-order valence-electron chi connectivity index (χ2n) is 4.45. The van der Waals surface area contributed by atoms with Crippen molar-refractivity contribution in [2.75, 3.05) is 5.32 Å². The first-order valence-electron chi connectivity index (χ1n) is 6.04. The lowest BCUT2D eigenvalue weighted by molar-refractivity contribution is -0.115. The van der Waals surface area contributed by atoms with E-state index in [1.54, 1.807) is 6.92 Å². The molecule has 1 heterocycles. The van der Waals surface area contributed by atoms with Gasteiger partial charge < -0.3 is 9.84 Å². The summed E-state index contributed by atoms with van der Waals surface area (Å²) in [6.07, 6.45) is 0. The van der Waals surface area contributed by atoms with E-state index < -0.39 is 26.8 Å². The molecule has 1 amide bonds. The Kier molecular flexibility index (Phi) is 4.08. The first-order chi connectivity index (χ1) is 9.80. The number of nitrogens with zero attached hydrogens (tertiary/aromatic N) is 1. The second-order valence-corrected chi connectivity index (χ2v) is 6.72. The topological polar surface area (TPSA) is 89.3 Å². The number of carbonyl (C=O) groups excluding carboxylic acids is 1. The lowest BCUT2D eigenvalue weighted by Crippen LogP contribution is -2.32. The van der Waals surface area contributed by atoms with Crippen molar-refractivity contribution in [2.24, 2.45) is 0 Å². The molecule has 1 N–H and O–H groups in total. The lowest BCUT2D eigenvalue weighted by atomic mass is 10.3. The van der Waals surface area contributed by atoms with Gasteiger partial charge in [-0.15, -0.1) is 0 Å². The number of halogens is 1. The van der Waals surface area contributed by atoms with Crippen molar-refractivity contribution in [1.29, 1.82) is 0 Å². The summed E-state index contributed by atoms with van der Waals surface area (Å²) in [7, 11) is -3.91. The van der Waals surface area contributed by atoms with Crippen LogP contribution in [-0.2, 0) is 14.6 Å². The van der Waals surface area contributed by atoms with Crippen molar-refractivity contribution in [3.05, 3.63) is 41.9 Å². The molecule has 1 aromatic heterocycles. The second kappa shape index (κ2) is 5.65. The standard InChI is InChI=1S/C13H13FN2O4S/c1-8-7-12(16-20-8)15-13(17)9(2)21(18,19)11-5-3-10(14)4-6-11/h3-7,9H,1-2H3,(H,15,16,17)/t9-/m0/s1. The maximum absolute atomic E-state index is 12.8. The van der Waals surface area contributed by atoms with Gasteiger partial charge in [0.1, 0.15) is 16.8 Å². The predicted octanol–water partition coefficient (Wildman–Crippen LogP) is 1.92. The molecule has 112 valence electrons. The minimum atomic E-state index is -3.91. The molecule has 0 fully saturated rings. The van der Waals surface area contributed by atoms with Gasteiger partial charge in [-0.25, -0.2) is 12.8 Å². The van der Waals surface area contributed by atoms with Crippen molar-refractivity contribution in [3.8, 4) is 0 Å². The largest absolute Gasteiger partial charge is 0.360 e. The molecule has 0 unspecified atom stereocenters. The average Bonchev–Trinajstić information content (AvgIpc) is 2.83. The molecule has 2 aromatic rings. The Hall–Kier alpha value is -2.22. The Labute approximate surface area is 120 Å². The quantitative estimate of drug-likeness (QED) is 0.871. The van der Waals surface area contributed by atoms with Crippen molar-refractivity contribution >= 4 is 21.6 Å². The zero-order valence-electron chi connectivity index (χ0n) is 11.3. The number of benzene rings is 1. The van der Waals surface area contributed by atoms with Crippen molar-refractivity contribution in [1.82, 2.24) is 5.16 Å². The lowest BCUT2D eigenvalue weighted by Gasteiger charge is -2.12. The van der Waals surface area contributed by atoms with Crippen LogP contribution in [-0.4, -0.2) is 24.7 Å². The molecule has 21 heavy (non-hydrogen) atoms. The molecule has 2 rings (SSSR count). The zero-order chi connectivity index (χ0) is 15.6. The number of amides is 1. The van der Waals surface area contributed by atoms with Crippen LogP contribution in [0.25, 0.3) is 0 Å². The Morgan fingerprint density at radius 2 is 1.95 bits per heavy atom. The molecular formula is C13H13FN2O4S. The molecule has 0 saturated carbocycles. The van der Waals surface area contributed by atoms with Crippen LogP contribution >= 0.6 is 0 Å². The molecule has 0 bridgehead atoms. The molecule has 8 heteroatoms. The molecule has 1 atom stereocenters. The van der Waals surface area contributed by atoms with Gasteiger partial charge in [-0.2, -0.15) is 0 Å². The summed E-state index contributed by atoms with van der Waals surface area (Å²) < 4.78 is 42.1. The predicted molar refractivity (Wildman–Crippen MR) is 72.9 cm³/mol. The van der Waals surface area contributed by atoms with Gasteiger partial charge in [0.15, 0.2) is 15.7 Å². The van der Waals surface area contributed by atoms with Crippen LogP contribution in [0.3, 0.4) is 0 Å². The molecule has 0 saturated heterocycles. The highest BCUT2D eigenvalue weighted by Crippen LogP contribution is 2.18. The zero-order valence-corrected chi connectivity index (χ0v) is 12.1. The van der Waals surface area contributed by atoms with E-state index >= 15 is 0 Å². The van der Waals surface area contributed by atoms with Crippen molar-refractivity contribution < 1.29 is 22.1 Å². The Bertz CT molecular complexity index is 753. The third kappa shape index (κ3) is 3.27. The summed E-state index contributed by atoms with van der Waals surface area (Å²) in [4.78, 5) is 11.8. The first kappa shape index (κ1) is 15.2. The summed E-state index contributed by atoms with van der Waals surface area (Å²) >= 11 is 0. The van der Waals surface area contributed by atoms with Crippen LogP contribution in [0.4, 0.5) is 10.2 Å². The number of carbonyl (C=O) groups is 1. The normalized spacial score (nSPS) is 12.9. The number of rotatable bonds is 4. The third-order valence-electron chi connectivity index (χ3n) is 2.86. The van der Waals surface area contributed by atoms with Gasteiger partial charge >= 0.3 is 0 Å². The fraction of sp³-hybridized carbons (Fsp3) is 0.231. The van der Waals surface area contributed by atoms with Gasteiger partial charge in [0.05, 0.1) is 4.90 Å². The number of hydrogen-bond acceptors (Lipinski definition) is 5. The molecule has 0 aliphatic rings. The Morgan fingerprint density at radius 3 is 2.48 bits per heavy atom. The van der Waals surface area contributed by atoms with Gasteiger partial charge in [0, 0.05) is 6.07 Å². The van der Waals surface area contributed by atoms with Crippen LogP contribution in [0, 0.1) is 12.7 Å². The van der Waals surface area contributed by atoms with E-state index in [-0.39, 0.29) is 10.7 Å². The van der Waals surface area contributed by atoms with Gasteiger partial charge in [-0.3, -0.25) is 4.79 Å². The number of nitrogens with one attached hydrogen (secondary N) is 1. The SMILES string of the molecule is Cc1cc(NC(=O)[C@H](C)S(=O)(=O)c2ccc(F)cc2)no1. The molecule has 6 nitrogen and oxygen atoms in total. The van der Waals surface area contributed by atoms with Crippen LogP contribution in [0.2, 0.25) is 0 Å². The fourth-order valence-corrected chi connectivity index (χ4v) is 2.89. The van der Waals surface area contributed by atoms with Gasteiger partial charge in [-0.1, -0.05) is 5.16 Å². The maximum Gasteiger partial charge on any atom is 0.244 e. The molecule has 0 aliphatic heterocycles. The van der Waals surface area contributed by atoms with E-state index in [1.807, 2.05) is 0 Å². The average molecular weight is 312 g/mol. The van der Waals surface area contributed by atoms with Gasteiger partial charge in [-0.05, 0) is 38.1 Å². The highest BCUT2D eigenvalue weighted by atomic mass is 32.2. The van der Waals surface area contributed by atoms with E-state index in [2.05, 4.69) is 10.5 Å². The van der Waals surface area contributed by atoms with Crippen LogP contribution in [0.1, 0.15) is 12.7 Å². The monoisotopic (exact) mass is 312 g/mol. The van der Waals surface area contributed by atoms with E-state index in [9.17, 15) is 17.6 Å². The molecular weight excluding hydrogens is 299 g/mol. The minimum Gasteiger partial charge on any atom is -0.360 e. The highest BCUT2D eigenvalue weighted by molar-refractivity contribution is 7.92. The smallest absolute Gasteiger partial charge is 0.244 e. The number of anilines is 1. The molecule has 0 radical (unpaired) electrons. The van der Waals surface area contributed by atoms with Crippen LogP contribution < -0.4 is 5.32 Å². The molecule has 0 aliphatic carbocycles. The van der Waals surface area contributed by atoms with E-state index in [0.29, 0.717) is 5.76 Å². The van der Waals surface area contributed by atoms with Crippen LogP contribution in [0.5, 0.6) is 0 Å². The maximum atomic E-state index is 12.8. The summed E-state index contributed by atoms with van der Waals surface area (Å²) in [5.41, 5.74) is 0. The highest BCUT2D eigenvalue weighted by Gasteiger charge is 2.30. The number of hydrogen-bond donors (Lipinski definition) is 1. The summed E-state index contributed by atoms with van der Waals surface area (Å²) in [5, 5.41) is 4.56. The third-order valence-corrected chi connectivity index (χ3v) is 4.93. The van der Waals surface area contributed by atoms with E-state index in [0.717, 1.165) is 24.3 Å². The Balaban J connectivity index is 2.19. The van der Waals surface area contributed by atoms with E-state index in [4.69, 9.17) is 4.52 Å². The van der Waals surface area contributed by atoms with E-state index in [1.165, 1.54) is 13.0 Å². The van der Waals surface area contributed by atoms with Gasteiger partial charge in [0.2, 0.25) is 5.91 Å². The minimum absolute atomic E-state index is 0.122. The number of aryl methyl sites for hydroxylation is 1. The van der Waals surface area contributed by atoms with Crippen molar-refractivity contribution in [3.63, 3.8) is 0 Å². The summed E-state index contributed by atoms with van der Waals surface area (Å²) in [6, 6.07) is 5.76. The number of sulfone groups is 1. The first-order valence-corrected chi connectivity index (χ1v) is 7.59. The summed E-state index contributed by atoms with van der Waals surface area (Å²) in [5.74, 6) is -0.672. The molecule has 0 spiro atoms. The van der Waals surface area contributed by atoms with Crippen LogP contribution in [0.15, 0.2) is 39.8 Å².